The summed E-state index contributed by atoms with van der Waals surface area (Å²) in [4.78, 5) is 11.8. The third kappa shape index (κ3) is 2.79. The first kappa shape index (κ1) is 13.2. The molecule has 0 saturated heterocycles. The van der Waals surface area contributed by atoms with Crippen LogP contribution in [0.15, 0.2) is 27.4 Å². The average molecular weight is 259 g/mol. The molecule has 100 valence electrons. The molecule has 0 amide bonds. The van der Waals surface area contributed by atoms with Crippen molar-refractivity contribution in [2.75, 3.05) is 5.73 Å². The van der Waals surface area contributed by atoms with Gasteiger partial charge < -0.3 is 10.2 Å². The van der Waals surface area contributed by atoms with E-state index in [1.54, 1.807) is 22.8 Å². The quantitative estimate of drug-likeness (QED) is 0.855. The fraction of sp³-hybridized carbons (Fsp3) is 0.429. The lowest BCUT2D eigenvalue weighted by Gasteiger charge is -2.14. The summed E-state index contributed by atoms with van der Waals surface area (Å²) in [6.45, 7) is 4.33. The summed E-state index contributed by atoms with van der Waals surface area (Å²) in [6.07, 6.45) is 1.48. The molecule has 0 aliphatic carbocycles. The number of nitrogens with two attached hydrogens (primary N) is 1. The minimum absolute atomic E-state index is 0.367. The van der Waals surface area contributed by atoms with Crippen LogP contribution in [0.25, 0.3) is 11.1 Å². The number of anilines is 1. The van der Waals surface area contributed by atoms with Crippen molar-refractivity contribution in [2.24, 2.45) is 5.41 Å². The first-order valence-electron chi connectivity index (χ1n) is 6.23. The van der Waals surface area contributed by atoms with Gasteiger partial charge in [0, 0.05) is 18.3 Å². The van der Waals surface area contributed by atoms with Crippen LogP contribution in [0.3, 0.4) is 0 Å². The van der Waals surface area contributed by atoms with Gasteiger partial charge in [-0.15, -0.1) is 0 Å². The highest BCUT2D eigenvalue weighted by atomic mass is 16.4. The van der Waals surface area contributed by atoms with Crippen molar-refractivity contribution < 1.29 is 4.42 Å². The Labute approximate surface area is 111 Å². The Bertz CT molecular complexity index is 689. The van der Waals surface area contributed by atoms with Crippen molar-refractivity contribution in [3.8, 4) is 6.07 Å². The molecule has 0 unspecified atom stereocenters. The van der Waals surface area contributed by atoms with Crippen molar-refractivity contribution in [1.29, 1.82) is 5.26 Å². The molecule has 2 N–H and O–H groups in total. The topological polar surface area (TPSA) is 85.0 Å². The third-order valence-corrected chi connectivity index (χ3v) is 3.18. The van der Waals surface area contributed by atoms with Crippen LogP contribution in [0.5, 0.6) is 0 Å². The SMILES string of the molecule is CC(C)(C#N)CCCn1c(=O)oc2cc(N)ccc21. The van der Waals surface area contributed by atoms with E-state index in [0.717, 1.165) is 18.4 Å². The van der Waals surface area contributed by atoms with Gasteiger partial charge in [-0.3, -0.25) is 4.57 Å². The monoisotopic (exact) mass is 259 g/mol. The van der Waals surface area contributed by atoms with Crippen molar-refractivity contribution in [1.82, 2.24) is 4.57 Å². The number of nitrogen functional groups attached to an aromatic ring is 1. The van der Waals surface area contributed by atoms with Crippen molar-refractivity contribution >= 4 is 16.8 Å². The Kier molecular flexibility index (Phi) is 3.34. The predicted octanol–water partition coefficient (Wildman–Crippen LogP) is 2.51. The number of oxazole rings is 1. The fourth-order valence-corrected chi connectivity index (χ4v) is 2.03. The van der Waals surface area contributed by atoms with Crippen LogP contribution in [-0.2, 0) is 6.54 Å². The largest absolute Gasteiger partial charge is 0.419 e. The molecular weight excluding hydrogens is 242 g/mol. The summed E-state index contributed by atoms with van der Waals surface area (Å²) in [5, 5.41) is 8.96. The molecule has 5 nitrogen and oxygen atoms in total. The van der Waals surface area contributed by atoms with Crippen LogP contribution in [-0.4, -0.2) is 4.57 Å². The molecule has 1 heterocycles. The summed E-state index contributed by atoms with van der Waals surface area (Å²) >= 11 is 0. The van der Waals surface area contributed by atoms with Crippen LogP contribution >= 0.6 is 0 Å². The van der Waals surface area contributed by atoms with Crippen molar-refractivity contribution in [3.05, 3.63) is 28.7 Å². The van der Waals surface area contributed by atoms with Gasteiger partial charge in [-0.25, -0.2) is 4.79 Å². The first-order valence-corrected chi connectivity index (χ1v) is 6.23. The summed E-state index contributed by atoms with van der Waals surface area (Å²) in [5.74, 6) is -0.379. The van der Waals surface area contributed by atoms with E-state index in [2.05, 4.69) is 6.07 Å². The molecule has 0 aliphatic heterocycles. The fourth-order valence-electron chi connectivity index (χ4n) is 2.03. The zero-order valence-electron chi connectivity index (χ0n) is 11.1. The number of nitrogens with zero attached hydrogens (tertiary/aromatic N) is 2. The van der Waals surface area contributed by atoms with E-state index < -0.39 is 0 Å². The van der Waals surface area contributed by atoms with Gasteiger partial charge in [0.15, 0.2) is 5.58 Å². The summed E-state index contributed by atoms with van der Waals surface area (Å²) < 4.78 is 6.74. The van der Waals surface area contributed by atoms with Crippen LogP contribution in [0.2, 0.25) is 0 Å². The van der Waals surface area contributed by atoms with E-state index in [1.807, 2.05) is 13.8 Å². The minimum Gasteiger partial charge on any atom is -0.408 e. The van der Waals surface area contributed by atoms with Crippen LogP contribution in [0, 0.1) is 16.7 Å². The Hall–Kier alpha value is -2.22. The normalized spacial score (nSPS) is 11.6. The molecule has 5 heteroatoms. The Morgan fingerprint density at radius 1 is 1.47 bits per heavy atom. The number of aromatic nitrogens is 1. The van der Waals surface area contributed by atoms with Crippen molar-refractivity contribution in [3.63, 3.8) is 0 Å². The number of fused-ring (bicyclic) bond motifs is 1. The van der Waals surface area contributed by atoms with Gasteiger partial charge in [0.25, 0.3) is 0 Å². The molecule has 1 aromatic heterocycles. The maximum atomic E-state index is 11.8. The van der Waals surface area contributed by atoms with E-state index in [1.165, 1.54) is 0 Å². The second-order valence-electron chi connectivity index (χ2n) is 5.35. The maximum Gasteiger partial charge on any atom is 0.419 e. The number of rotatable bonds is 4. The van der Waals surface area contributed by atoms with Crippen LogP contribution in [0.1, 0.15) is 26.7 Å². The molecule has 0 radical (unpaired) electrons. The lowest BCUT2D eigenvalue weighted by atomic mass is 9.90. The van der Waals surface area contributed by atoms with E-state index in [9.17, 15) is 4.79 Å². The molecule has 0 fully saturated rings. The average Bonchev–Trinajstić information content (AvgIpc) is 2.65. The van der Waals surface area contributed by atoms with Gasteiger partial charge in [0.05, 0.1) is 17.0 Å². The Morgan fingerprint density at radius 3 is 2.89 bits per heavy atom. The van der Waals surface area contributed by atoms with Gasteiger partial charge in [0.2, 0.25) is 0 Å². The number of hydrogen-bond acceptors (Lipinski definition) is 4. The van der Waals surface area contributed by atoms with Crippen LogP contribution < -0.4 is 11.5 Å². The van der Waals surface area contributed by atoms with Gasteiger partial charge in [-0.05, 0) is 38.8 Å². The summed E-state index contributed by atoms with van der Waals surface area (Å²) in [6, 6.07) is 7.42. The molecule has 2 rings (SSSR count). The highest BCUT2D eigenvalue weighted by Gasteiger charge is 2.17. The highest BCUT2D eigenvalue weighted by molar-refractivity contribution is 5.76. The molecule has 2 aromatic rings. The maximum absolute atomic E-state index is 11.8. The Morgan fingerprint density at radius 2 is 2.21 bits per heavy atom. The smallest absolute Gasteiger partial charge is 0.408 e. The zero-order valence-corrected chi connectivity index (χ0v) is 11.1. The van der Waals surface area contributed by atoms with Crippen LogP contribution in [0.4, 0.5) is 5.69 Å². The number of nitriles is 1. The second kappa shape index (κ2) is 4.81. The number of benzene rings is 1. The van der Waals surface area contributed by atoms with E-state index in [4.69, 9.17) is 15.4 Å². The molecule has 0 spiro atoms. The predicted molar refractivity (Wildman–Crippen MR) is 73.5 cm³/mol. The van der Waals surface area contributed by atoms with Gasteiger partial charge >= 0.3 is 5.76 Å². The molecule has 1 aromatic carbocycles. The van der Waals surface area contributed by atoms with E-state index >= 15 is 0 Å². The van der Waals surface area contributed by atoms with E-state index in [-0.39, 0.29) is 11.2 Å². The molecule has 19 heavy (non-hydrogen) atoms. The number of aryl methyl sites for hydroxylation is 1. The van der Waals surface area contributed by atoms with Gasteiger partial charge in [-0.2, -0.15) is 5.26 Å². The summed E-state index contributed by atoms with van der Waals surface area (Å²) in [5.41, 5.74) is 7.10. The van der Waals surface area contributed by atoms with Gasteiger partial charge in [-0.1, -0.05) is 0 Å². The second-order valence-corrected chi connectivity index (χ2v) is 5.35. The summed E-state index contributed by atoms with van der Waals surface area (Å²) in [7, 11) is 0. The third-order valence-electron chi connectivity index (χ3n) is 3.18. The van der Waals surface area contributed by atoms with E-state index in [0.29, 0.717) is 17.8 Å². The Balaban J connectivity index is 2.20. The zero-order chi connectivity index (χ0) is 14.0. The lowest BCUT2D eigenvalue weighted by Crippen LogP contribution is -2.16. The van der Waals surface area contributed by atoms with Crippen molar-refractivity contribution in [2.45, 2.75) is 33.2 Å². The minimum atomic E-state index is -0.379. The lowest BCUT2D eigenvalue weighted by molar-refractivity contribution is 0.406. The molecule has 0 atom stereocenters. The molecular formula is C14H17N3O2. The highest BCUT2D eigenvalue weighted by Crippen LogP contribution is 2.22. The molecule has 0 saturated carbocycles. The van der Waals surface area contributed by atoms with Gasteiger partial charge in [0.1, 0.15) is 0 Å². The number of hydrogen-bond donors (Lipinski definition) is 1. The standard InChI is InChI=1S/C14H17N3O2/c1-14(2,9-15)6-3-7-17-11-5-4-10(16)8-12(11)19-13(17)18/h4-5,8H,3,6-7,16H2,1-2H3. The molecule has 0 bridgehead atoms. The first-order chi connectivity index (χ1) is 8.93. The molecule has 0 aliphatic rings.